The molecule has 2 N–H and O–H groups in total. The van der Waals surface area contributed by atoms with E-state index >= 15 is 0 Å². The molecule has 66 valence electrons. The first-order chi connectivity index (χ1) is 6.38. The van der Waals surface area contributed by atoms with E-state index in [9.17, 15) is 0 Å². The zero-order valence-electron chi connectivity index (χ0n) is 7.12. The molecular weight excluding hydrogens is 164 g/mol. The first kappa shape index (κ1) is 8.02. The second-order valence-electron chi connectivity index (χ2n) is 3.04. The number of pyridine rings is 1. The molecule has 1 aliphatic rings. The van der Waals surface area contributed by atoms with E-state index in [1.54, 1.807) is 12.3 Å². The number of anilines is 1. The maximum Gasteiger partial charge on any atom is 0.140 e. The van der Waals surface area contributed by atoms with Gasteiger partial charge in [-0.2, -0.15) is 5.26 Å². The van der Waals surface area contributed by atoms with Gasteiger partial charge in [0.15, 0.2) is 0 Å². The summed E-state index contributed by atoms with van der Waals surface area (Å²) in [6.45, 7) is 2.00. The summed E-state index contributed by atoms with van der Waals surface area (Å²) in [5, 5.41) is 15.0. The van der Waals surface area contributed by atoms with Gasteiger partial charge in [-0.3, -0.25) is 0 Å². The van der Waals surface area contributed by atoms with Crippen molar-refractivity contribution in [3.8, 4) is 6.07 Å². The summed E-state index contributed by atoms with van der Waals surface area (Å²) in [5.74, 6) is 0. The smallest absolute Gasteiger partial charge is 0.140 e. The third kappa shape index (κ3) is 1.76. The number of nitriles is 1. The molecule has 0 aliphatic carbocycles. The maximum absolute atomic E-state index is 8.52. The second kappa shape index (κ2) is 3.42. The Morgan fingerprint density at radius 2 is 2.38 bits per heavy atom. The molecule has 0 radical (unpaired) electrons. The predicted molar refractivity (Wildman–Crippen MR) is 49.2 cm³/mol. The predicted octanol–water partition coefficient (Wildman–Crippen LogP) is 0.337. The third-order valence-corrected chi connectivity index (χ3v) is 2.03. The fourth-order valence-electron chi connectivity index (χ4n) is 1.17. The zero-order valence-corrected chi connectivity index (χ0v) is 7.12. The van der Waals surface area contributed by atoms with Gasteiger partial charge in [0.05, 0.1) is 17.9 Å². The highest BCUT2D eigenvalue weighted by molar-refractivity contribution is 5.44. The lowest BCUT2D eigenvalue weighted by Crippen LogP contribution is -2.51. The lowest BCUT2D eigenvalue weighted by molar-refractivity contribution is 0.472. The molecule has 0 amide bonds. The average Bonchev–Trinajstić information content (AvgIpc) is 2.12. The van der Waals surface area contributed by atoms with Gasteiger partial charge in [0.1, 0.15) is 11.8 Å². The van der Waals surface area contributed by atoms with Crippen molar-refractivity contribution in [2.24, 2.45) is 0 Å². The maximum atomic E-state index is 8.52. The van der Waals surface area contributed by atoms with Crippen molar-refractivity contribution in [1.82, 2.24) is 10.3 Å². The van der Waals surface area contributed by atoms with Crippen LogP contribution in [0.1, 0.15) is 5.69 Å². The Kier molecular flexibility index (Phi) is 2.11. The molecule has 0 unspecified atom stereocenters. The monoisotopic (exact) mass is 174 g/mol. The van der Waals surface area contributed by atoms with Crippen molar-refractivity contribution in [1.29, 1.82) is 5.26 Å². The summed E-state index contributed by atoms with van der Waals surface area (Å²) >= 11 is 0. The minimum atomic E-state index is 0.456. The van der Waals surface area contributed by atoms with Crippen LogP contribution < -0.4 is 10.6 Å². The average molecular weight is 174 g/mol. The van der Waals surface area contributed by atoms with Crippen molar-refractivity contribution < 1.29 is 0 Å². The number of hydrogen-bond acceptors (Lipinski definition) is 4. The molecule has 2 heterocycles. The number of hydrogen-bond donors (Lipinski definition) is 2. The van der Waals surface area contributed by atoms with Gasteiger partial charge in [-0.1, -0.05) is 0 Å². The standard InChI is InChI=1S/C9H10N4/c10-3-7-1-2-8(6-12-7)13-9-4-11-5-9/h1-2,6,9,11,13H,4-5H2. The molecule has 0 bridgehead atoms. The number of nitrogens with zero attached hydrogens (tertiary/aromatic N) is 2. The molecule has 0 aromatic carbocycles. The van der Waals surface area contributed by atoms with Gasteiger partial charge in [-0.05, 0) is 12.1 Å². The van der Waals surface area contributed by atoms with E-state index < -0.39 is 0 Å². The van der Waals surface area contributed by atoms with Crippen LogP contribution >= 0.6 is 0 Å². The molecule has 1 aliphatic heterocycles. The van der Waals surface area contributed by atoms with Crippen LogP contribution in [0, 0.1) is 11.3 Å². The lowest BCUT2D eigenvalue weighted by atomic mass is 10.2. The molecule has 0 saturated carbocycles. The molecule has 1 aromatic rings. The minimum Gasteiger partial charge on any atom is -0.379 e. The Hall–Kier alpha value is -1.60. The molecule has 1 fully saturated rings. The molecule has 0 spiro atoms. The quantitative estimate of drug-likeness (QED) is 0.678. The van der Waals surface area contributed by atoms with E-state index in [1.807, 2.05) is 12.1 Å². The van der Waals surface area contributed by atoms with Gasteiger partial charge in [0.2, 0.25) is 0 Å². The lowest BCUT2D eigenvalue weighted by Gasteiger charge is -2.28. The molecular formula is C9H10N4. The number of aromatic nitrogens is 1. The summed E-state index contributed by atoms with van der Waals surface area (Å²) in [4.78, 5) is 3.96. The topological polar surface area (TPSA) is 60.7 Å². The van der Waals surface area contributed by atoms with Gasteiger partial charge >= 0.3 is 0 Å². The van der Waals surface area contributed by atoms with Crippen molar-refractivity contribution in [2.75, 3.05) is 18.4 Å². The van der Waals surface area contributed by atoms with Crippen LogP contribution in [-0.4, -0.2) is 24.1 Å². The number of rotatable bonds is 2. The van der Waals surface area contributed by atoms with Gasteiger partial charge in [0, 0.05) is 13.1 Å². The Balaban J connectivity index is 2.01. The van der Waals surface area contributed by atoms with E-state index in [0.29, 0.717) is 11.7 Å². The molecule has 13 heavy (non-hydrogen) atoms. The first-order valence-electron chi connectivity index (χ1n) is 4.22. The van der Waals surface area contributed by atoms with Crippen molar-refractivity contribution in [3.63, 3.8) is 0 Å². The Bertz CT molecular complexity index is 320. The Labute approximate surface area is 76.6 Å². The molecule has 2 rings (SSSR count). The molecule has 4 heteroatoms. The number of nitrogens with one attached hydrogen (secondary N) is 2. The van der Waals surface area contributed by atoms with Gasteiger partial charge in [-0.15, -0.1) is 0 Å². The van der Waals surface area contributed by atoms with E-state index in [0.717, 1.165) is 18.8 Å². The molecule has 0 atom stereocenters. The van der Waals surface area contributed by atoms with Gasteiger partial charge in [0.25, 0.3) is 0 Å². The van der Waals surface area contributed by atoms with Crippen LogP contribution in [0.3, 0.4) is 0 Å². The first-order valence-corrected chi connectivity index (χ1v) is 4.22. The summed E-state index contributed by atoms with van der Waals surface area (Å²) in [5.41, 5.74) is 1.43. The SMILES string of the molecule is N#Cc1ccc(NC2CNC2)cn1. The summed E-state index contributed by atoms with van der Waals surface area (Å²) < 4.78 is 0. The molecule has 1 saturated heterocycles. The van der Waals surface area contributed by atoms with Gasteiger partial charge < -0.3 is 10.6 Å². The largest absolute Gasteiger partial charge is 0.379 e. The van der Waals surface area contributed by atoms with Crippen LogP contribution in [0.5, 0.6) is 0 Å². The van der Waals surface area contributed by atoms with Crippen LogP contribution in [0.25, 0.3) is 0 Å². The zero-order chi connectivity index (χ0) is 9.10. The van der Waals surface area contributed by atoms with E-state index in [2.05, 4.69) is 15.6 Å². The van der Waals surface area contributed by atoms with Crippen LogP contribution in [0.2, 0.25) is 0 Å². The molecule has 1 aromatic heterocycles. The highest BCUT2D eigenvalue weighted by Gasteiger charge is 2.15. The summed E-state index contributed by atoms with van der Waals surface area (Å²) in [6.07, 6.45) is 1.69. The fourth-order valence-corrected chi connectivity index (χ4v) is 1.17. The highest BCUT2D eigenvalue weighted by atomic mass is 15.1. The highest BCUT2D eigenvalue weighted by Crippen LogP contribution is 2.08. The van der Waals surface area contributed by atoms with Crippen LogP contribution in [0.4, 0.5) is 5.69 Å². The van der Waals surface area contributed by atoms with Crippen LogP contribution in [0.15, 0.2) is 18.3 Å². The van der Waals surface area contributed by atoms with E-state index in [1.165, 1.54) is 0 Å². The van der Waals surface area contributed by atoms with E-state index in [4.69, 9.17) is 5.26 Å². The summed E-state index contributed by atoms with van der Waals surface area (Å²) in [6, 6.07) is 6.09. The Morgan fingerprint density at radius 3 is 2.85 bits per heavy atom. The van der Waals surface area contributed by atoms with Crippen molar-refractivity contribution in [2.45, 2.75) is 6.04 Å². The molecule has 4 nitrogen and oxygen atoms in total. The van der Waals surface area contributed by atoms with Crippen LogP contribution in [-0.2, 0) is 0 Å². The minimum absolute atomic E-state index is 0.456. The van der Waals surface area contributed by atoms with Crippen molar-refractivity contribution >= 4 is 5.69 Å². The Morgan fingerprint density at radius 1 is 1.54 bits per heavy atom. The van der Waals surface area contributed by atoms with Gasteiger partial charge in [-0.25, -0.2) is 4.98 Å². The summed E-state index contributed by atoms with van der Waals surface area (Å²) in [7, 11) is 0. The second-order valence-corrected chi connectivity index (χ2v) is 3.04. The van der Waals surface area contributed by atoms with E-state index in [-0.39, 0.29) is 0 Å². The fraction of sp³-hybridized carbons (Fsp3) is 0.333. The normalized spacial score (nSPS) is 15.9. The van der Waals surface area contributed by atoms with Crippen molar-refractivity contribution in [3.05, 3.63) is 24.0 Å². The third-order valence-electron chi connectivity index (χ3n) is 2.03.